The van der Waals surface area contributed by atoms with Crippen LogP contribution in [-0.4, -0.2) is 6.54 Å². The van der Waals surface area contributed by atoms with E-state index in [1.807, 2.05) is 6.07 Å². The second-order valence-corrected chi connectivity index (χ2v) is 4.01. The summed E-state index contributed by atoms with van der Waals surface area (Å²) in [5, 5.41) is 0. The van der Waals surface area contributed by atoms with Gasteiger partial charge in [-0.25, -0.2) is 0 Å². The van der Waals surface area contributed by atoms with Crippen LogP contribution in [0.4, 0.5) is 5.69 Å². The van der Waals surface area contributed by atoms with Gasteiger partial charge in [0, 0.05) is 12.2 Å². The summed E-state index contributed by atoms with van der Waals surface area (Å²) in [5.41, 5.74) is 3.84. The fourth-order valence-electron chi connectivity index (χ4n) is 2.08. The molecule has 0 saturated heterocycles. The van der Waals surface area contributed by atoms with Crippen LogP contribution in [-0.2, 0) is 6.42 Å². The molecule has 78 valence electrons. The number of benzene rings is 2. The van der Waals surface area contributed by atoms with Crippen LogP contribution < -0.4 is 4.90 Å². The number of para-hydroxylation sites is 1. The second-order valence-electron chi connectivity index (χ2n) is 4.01. The lowest BCUT2D eigenvalue weighted by molar-refractivity contribution is 0.832. The Balaban J connectivity index is 1.89. The van der Waals surface area contributed by atoms with Crippen molar-refractivity contribution < 1.29 is 0 Å². The molecule has 3 rings (SSSR count). The molecule has 2 aromatic rings. The summed E-state index contributed by atoms with van der Waals surface area (Å²) in [5.74, 6) is 0. The average molecular weight is 207 g/mol. The summed E-state index contributed by atoms with van der Waals surface area (Å²) in [6.07, 6.45) is 1.10. The topological polar surface area (TPSA) is 3.24 Å². The molecule has 0 N–H and O–H groups in total. The lowest BCUT2D eigenvalue weighted by atomic mass is 9.99. The third-order valence-corrected chi connectivity index (χ3v) is 2.95. The Morgan fingerprint density at radius 2 is 1.62 bits per heavy atom. The van der Waals surface area contributed by atoms with Crippen molar-refractivity contribution in [1.82, 2.24) is 0 Å². The van der Waals surface area contributed by atoms with Crippen LogP contribution in [0.3, 0.4) is 0 Å². The molecule has 0 unspecified atom stereocenters. The molecule has 0 amide bonds. The molecule has 16 heavy (non-hydrogen) atoms. The Morgan fingerprint density at radius 1 is 0.875 bits per heavy atom. The number of nitrogens with zero attached hydrogens (tertiary/aromatic N) is 1. The zero-order chi connectivity index (χ0) is 10.8. The van der Waals surface area contributed by atoms with Crippen molar-refractivity contribution in [3.8, 4) is 0 Å². The van der Waals surface area contributed by atoms with Gasteiger partial charge in [-0.1, -0.05) is 42.5 Å². The fraction of sp³-hybridized carbons (Fsp3) is 0.133. The van der Waals surface area contributed by atoms with Crippen LogP contribution in [0.15, 0.2) is 54.6 Å². The number of hydrogen-bond acceptors (Lipinski definition) is 1. The largest absolute Gasteiger partial charge is 0.356 e. The van der Waals surface area contributed by atoms with Gasteiger partial charge in [-0.3, -0.25) is 0 Å². The molecule has 0 fully saturated rings. The molecule has 1 aliphatic rings. The van der Waals surface area contributed by atoms with Crippen molar-refractivity contribution in [2.24, 2.45) is 0 Å². The first-order chi connectivity index (χ1) is 7.93. The summed E-state index contributed by atoms with van der Waals surface area (Å²) in [7, 11) is 0. The number of anilines is 1. The fourth-order valence-corrected chi connectivity index (χ4v) is 2.08. The molecule has 1 heteroatoms. The molecule has 0 atom stereocenters. The Morgan fingerprint density at radius 3 is 2.50 bits per heavy atom. The first-order valence-electron chi connectivity index (χ1n) is 5.61. The molecule has 1 nitrogen and oxygen atoms in total. The maximum Gasteiger partial charge on any atom is 0.126 e. The number of fused-ring (bicyclic) bond motifs is 1. The van der Waals surface area contributed by atoms with Crippen LogP contribution in [0.1, 0.15) is 11.1 Å². The van der Waals surface area contributed by atoms with Crippen molar-refractivity contribution >= 4 is 5.69 Å². The van der Waals surface area contributed by atoms with Crippen molar-refractivity contribution in [2.75, 3.05) is 11.4 Å². The van der Waals surface area contributed by atoms with E-state index < -0.39 is 0 Å². The maximum absolute atomic E-state index is 3.45. The average Bonchev–Trinajstić information content (AvgIpc) is 2.39. The van der Waals surface area contributed by atoms with Crippen LogP contribution in [0.25, 0.3) is 0 Å². The van der Waals surface area contributed by atoms with Crippen LogP contribution >= 0.6 is 0 Å². The van der Waals surface area contributed by atoms with Gasteiger partial charge < -0.3 is 4.90 Å². The highest BCUT2D eigenvalue weighted by Crippen LogP contribution is 2.25. The predicted molar refractivity (Wildman–Crippen MR) is 66.3 cm³/mol. The van der Waals surface area contributed by atoms with Crippen molar-refractivity contribution in [3.05, 3.63) is 72.3 Å². The van der Waals surface area contributed by atoms with E-state index in [-0.39, 0.29) is 0 Å². The van der Waals surface area contributed by atoms with E-state index in [1.54, 1.807) is 0 Å². The van der Waals surface area contributed by atoms with Gasteiger partial charge in [0.25, 0.3) is 0 Å². The number of hydrogen-bond donors (Lipinski definition) is 0. The first-order valence-corrected chi connectivity index (χ1v) is 5.61. The molecule has 1 aliphatic heterocycles. The Kier molecular flexibility index (Phi) is 2.37. The lowest BCUT2D eigenvalue weighted by Gasteiger charge is -2.29. The molecule has 0 bridgehead atoms. The van der Waals surface area contributed by atoms with E-state index in [0.29, 0.717) is 0 Å². The molecule has 0 aliphatic carbocycles. The molecule has 2 aromatic carbocycles. The van der Waals surface area contributed by atoms with E-state index >= 15 is 0 Å². The highest BCUT2D eigenvalue weighted by atomic mass is 15.1. The minimum atomic E-state index is 1.01. The zero-order valence-electron chi connectivity index (χ0n) is 9.06. The monoisotopic (exact) mass is 207 g/mol. The van der Waals surface area contributed by atoms with Crippen LogP contribution in [0.5, 0.6) is 0 Å². The van der Waals surface area contributed by atoms with Gasteiger partial charge in [0.05, 0.1) is 0 Å². The molecular weight excluding hydrogens is 194 g/mol. The molecule has 0 saturated carbocycles. The van der Waals surface area contributed by atoms with E-state index in [1.165, 1.54) is 16.8 Å². The molecule has 2 radical (unpaired) electrons. The lowest BCUT2D eigenvalue weighted by Crippen LogP contribution is -2.28. The smallest absolute Gasteiger partial charge is 0.126 e. The molecular formula is C15H13N. The summed E-state index contributed by atoms with van der Waals surface area (Å²) in [4.78, 5) is 2.20. The minimum Gasteiger partial charge on any atom is -0.356 e. The van der Waals surface area contributed by atoms with Crippen molar-refractivity contribution in [3.63, 3.8) is 0 Å². The van der Waals surface area contributed by atoms with Crippen molar-refractivity contribution in [2.45, 2.75) is 6.42 Å². The van der Waals surface area contributed by atoms with E-state index in [2.05, 4.69) is 60.0 Å². The van der Waals surface area contributed by atoms with Gasteiger partial charge in [-0.15, -0.1) is 0 Å². The standard InChI is InChI=1S/C15H13N/c1-2-8-15(9-3-1)16-11-10-13-6-4-5-7-14(13)12-16/h1-9H,10-11H2. The second kappa shape index (κ2) is 4.01. The number of rotatable bonds is 1. The molecule has 0 aromatic heterocycles. The maximum atomic E-state index is 3.45. The zero-order valence-corrected chi connectivity index (χ0v) is 9.06. The predicted octanol–water partition coefficient (Wildman–Crippen LogP) is 3.14. The van der Waals surface area contributed by atoms with Gasteiger partial charge in [-0.2, -0.15) is 0 Å². The van der Waals surface area contributed by atoms with Gasteiger partial charge in [0.15, 0.2) is 0 Å². The SMILES string of the molecule is [C]1c2ccccc2CCN1c1ccccc1. The quantitative estimate of drug-likeness (QED) is 0.694. The molecule has 0 spiro atoms. The van der Waals surface area contributed by atoms with Crippen LogP contribution in [0, 0.1) is 6.54 Å². The summed E-state index contributed by atoms with van der Waals surface area (Å²) in [6.45, 7) is 4.46. The Bertz CT molecular complexity index is 476. The van der Waals surface area contributed by atoms with Gasteiger partial charge >= 0.3 is 0 Å². The third kappa shape index (κ3) is 1.69. The van der Waals surface area contributed by atoms with Crippen molar-refractivity contribution in [1.29, 1.82) is 0 Å². The van der Waals surface area contributed by atoms with Gasteiger partial charge in [0.1, 0.15) is 6.54 Å². The highest BCUT2D eigenvalue weighted by Gasteiger charge is 2.16. The van der Waals surface area contributed by atoms with Crippen LogP contribution in [0.2, 0.25) is 0 Å². The van der Waals surface area contributed by atoms with E-state index in [4.69, 9.17) is 0 Å². The Labute approximate surface area is 96.3 Å². The van der Waals surface area contributed by atoms with E-state index in [0.717, 1.165) is 13.0 Å². The first kappa shape index (κ1) is 9.46. The highest BCUT2D eigenvalue weighted by molar-refractivity contribution is 5.54. The summed E-state index contributed by atoms with van der Waals surface area (Å²) >= 11 is 0. The van der Waals surface area contributed by atoms with E-state index in [9.17, 15) is 0 Å². The normalized spacial score (nSPS) is 14.6. The van der Waals surface area contributed by atoms with Gasteiger partial charge in [-0.05, 0) is 29.7 Å². The third-order valence-electron chi connectivity index (χ3n) is 2.95. The molecule has 1 heterocycles. The summed E-state index contributed by atoms with van der Waals surface area (Å²) in [6, 6.07) is 18.9. The van der Waals surface area contributed by atoms with Gasteiger partial charge in [0.2, 0.25) is 0 Å². The Hall–Kier alpha value is -1.76. The summed E-state index contributed by atoms with van der Waals surface area (Å²) < 4.78 is 0. The minimum absolute atomic E-state index is 1.01.